The molecule has 23 heavy (non-hydrogen) atoms. The fraction of sp³-hybridized carbons (Fsp3) is 0.350. The summed E-state index contributed by atoms with van der Waals surface area (Å²) in [5, 5.41) is 3.17. The predicted octanol–water partition coefficient (Wildman–Crippen LogP) is 3.11. The van der Waals surface area contributed by atoms with Crippen LogP contribution in [0.3, 0.4) is 0 Å². The van der Waals surface area contributed by atoms with Gasteiger partial charge in [-0.05, 0) is 49.7 Å². The first-order valence-corrected chi connectivity index (χ1v) is 8.33. The van der Waals surface area contributed by atoms with Crippen LogP contribution in [0, 0.1) is 0 Å². The van der Waals surface area contributed by atoms with Crippen LogP contribution in [0.15, 0.2) is 54.6 Å². The number of nitrogens with one attached hydrogen (secondary N) is 1. The first kappa shape index (κ1) is 15.8. The third-order valence-corrected chi connectivity index (χ3v) is 4.51. The van der Waals surface area contributed by atoms with Crippen LogP contribution < -0.4 is 5.32 Å². The van der Waals surface area contributed by atoms with Crippen molar-refractivity contribution in [3.8, 4) is 11.1 Å². The zero-order valence-corrected chi connectivity index (χ0v) is 13.7. The first-order chi connectivity index (χ1) is 11.2. The fourth-order valence-corrected chi connectivity index (χ4v) is 3.06. The highest BCUT2D eigenvalue weighted by molar-refractivity contribution is 5.79. The molecule has 3 heteroatoms. The van der Waals surface area contributed by atoms with Crippen LogP contribution in [0.5, 0.6) is 0 Å². The summed E-state index contributed by atoms with van der Waals surface area (Å²) in [6, 6.07) is 18.9. The van der Waals surface area contributed by atoms with Gasteiger partial charge in [-0.25, -0.2) is 0 Å². The zero-order chi connectivity index (χ0) is 16.1. The molecule has 1 aliphatic heterocycles. The van der Waals surface area contributed by atoms with E-state index in [0.717, 1.165) is 31.5 Å². The summed E-state index contributed by atoms with van der Waals surface area (Å²) < 4.78 is 0. The molecule has 1 saturated heterocycles. The Hall–Kier alpha value is -2.13. The van der Waals surface area contributed by atoms with Gasteiger partial charge in [0.05, 0.1) is 6.42 Å². The number of carbonyl (C=O) groups excluding carboxylic acids is 1. The van der Waals surface area contributed by atoms with Gasteiger partial charge in [0.2, 0.25) is 5.91 Å². The van der Waals surface area contributed by atoms with Gasteiger partial charge in [0.25, 0.3) is 0 Å². The van der Waals surface area contributed by atoms with Crippen LogP contribution in [0.25, 0.3) is 11.1 Å². The molecule has 1 heterocycles. The van der Waals surface area contributed by atoms with Gasteiger partial charge < -0.3 is 10.2 Å². The Morgan fingerprint density at radius 2 is 1.61 bits per heavy atom. The van der Waals surface area contributed by atoms with E-state index in [2.05, 4.69) is 53.7 Å². The minimum Gasteiger partial charge on any atom is -0.353 e. The Labute approximate surface area is 138 Å². The number of likely N-dealkylation sites (tertiary alicyclic amines) is 1. The first-order valence-electron chi connectivity index (χ1n) is 8.33. The highest BCUT2D eigenvalue weighted by Crippen LogP contribution is 2.19. The summed E-state index contributed by atoms with van der Waals surface area (Å²) >= 11 is 0. The monoisotopic (exact) mass is 308 g/mol. The van der Waals surface area contributed by atoms with E-state index < -0.39 is 0 Å². The summed E-state index contributed by atoms with van der Waals surface area (Å²) in [5.41, 5.74) is 3.45. The van der Waals surface area contributed by atoms with E-state index in [1.807, 2.05) is 18.2 Å². The topological polar surface area (TPSA) is 32.3 Å². The summed E-state index contributed by atoms with van der Waals surface area (Å²) in [7, 11) is 2.13. The van der Waals surface area contributed by atoms with Crippen molar-refractivity contribution in [2.75, 3.05) is 20.1 Å². The second-order valence-corrected chi connectivity index (χ2v) is 6.38. The number of hydrogen-bond donors (Lipinski definition) is 1. The Morgan fingerprint density at radius 1 is 1.00 bits per heavy atom. The van der Waals surface area contributed by atoms with Gasteiger partial charge in [-0.2, -0.15) is 0 Å². The van der Waals surface area contributed by atoms with Crippen LogP contribution in [0.1, 0.15) is 18.4 Å². The lowest BCUT2D eigenvalue weighted by Crippen LogP contribution is -2.43. The molecule has 2 aromatic carbocycles. The lowest BCUT2D eigenvalue weighted by Gasteiger charge is -2.29. The average Bonchev–Trinajstić information content (AvgIpc) is 2.58. The van der Waals surface area contributed by atoms with Crippen LogP contribution in [0.2, 0.25) is 0 Å². The number of amides is 1. The number of carbonyl (C=O) groups is 1. The quantitative estimate of drug-likeness (QED) is 0.941. The van der Waals surface area contributed by atoms with Crippen molar-refractivity contribution in [3.63, 3.8) is 0 Å². The Balaban J connectivity index is 1.55. The van der Waals surface area contributed by atoms with E-state index in [1.165, 1.54) is 11.1 Å². The van der Waals surface area contributed by atoms with Crippen molar-refractivity contribution in [1.82, 2.24) is 10.2 Å². The number of rotatable bonds is 4. The van der Waals surface area contributed by atoms with Crippen molar-refractivity contribution < 1.29 is 4.79 Å². The smallest absolute Gasteiger partial charge is 0.224 e. The molecule has 0 atom stereocenters. The average molecular weight is 308 g/mol. The molecular formula is C20H24N2O. The molecule has 1 aliphatic rings. The number of benzene rings is 2. The van der Waals surface area contributed by atoms with Gasteiger partial charge in [-0.1, -0.05) is 54.6 Å². The highest BCUT2D eigenvalue weighted by atomic mass is 16.1. The van der Waals surface area contributed by atoms with Crippen LogP contribution in [0.4, 0.5) is 0 Å². The largest absolute Gasteiger partial charge is 0.353 e. The molecule has 1 amide bonds. The Kier molecular flexibility index (Phi) is 5.09. The molecule has 3 rings (SSSR count). The number of nitrogens with zero attached hydrogens (tertiary/aromatic N) is 1. The molecule has 0 aliphatic carbocycles. The van der Waals surface area contributed by atoms with E-state index in [0.29, 0.717) is 12.5 Å². The normalized spacial score (nSPS) is 16.2. The summed E-state index contributed by atoms with van der Waals surface area (Å²) in [5.74, 6) is 0.131. The maximum Gasteiger partial charge on any atom is 0.224 e. The molecule has 0 aromatic heterocycles. The Morgan fingerprint density at radius 3 is 2.26 bits per heavy atom. The highest BCUT2D eigenvalue weighted by Gasteiger charge is 2.18. The van der Waals surface area contributed by atoms with E-state index in [-0.39, 0.29) is 5.91 Å². The molecule has 1 fully saturated rings. The van der Waals surface area contributed by atoms with E-state index in [1.54, 1.807) is 0 Å². The molecule has 0 unspecified atom stereocenters. The molecule has 1 N–H and O–H groups in total. The SMILES string of the molecule is CN1CCC(NC(=O)Cc2ccc(-c3ccccc3)cc2)CC1. The van der Waals surface area contributed by atoms with Crippen LogP contribution in [-0.4, -0.2) is 37.0 Å². The minimum atomic E-state index is 0.131. The molecule has 0 radical (unpaired) electrons. The third kappa shape index (κ3) is 4.42. The predicted molar refractivity (Wildman–Crippen MR) is 94.2 cm³/mol. The van der Waals surface area contributed by atoms with Gasteiger partial charge in [0.1, 0.15) is 0 Å². The zero-order valence-electron chi connectivity index (χ0n) is 13.7. The van der Waals surface area contributed by atoms with Gasteiger partial charge in [0.15, 0.2) is 0 Å². The maximum absolute atomic E-state index is 12.2. The number of piperidine rings is 1. The fourth-order valence-electron chi connectivity index (χ4n) is 3.06. The molecule has 0 bridgehead atoms. The van der Waals surface area contributed by atoms with Gasteiger partial charge >= 0.3 is 0 Å². The van der Waals surface area contributed by atoms with E-state index in [9.17, 15) is 4.79 Å². The molecule has 120 valence electrons. The van der Waals surface area contributed by atoms with Gasteiger partial charge in [0, 0.05) is 6.04 Å². The van der Waals surface area contributed by atoms with E-state index >= 15 is 0 Å². The molecule has 0 spiro atoms. The summed E-state index contributed by atoms with van der Waals surface area (Å²) in [6.07, 6.45) is 2.56. The molecule has 0 saturated carbocycles. The van der Waals surface area contributed by atoms with Gasteiger partial charge in [-0.15, -0.1) is 0 Å². The second-order valence-electron chi connectivity index (χ2n) is 6.38. The Bertz CT molecular complexity index is 628. The van der Waals surface area contributed by atoms with E-state index in [4.69, 9.17) is 0 Å². The van der Waals surface area contributed by atoms with Crippen molar-refractivity contribution in [3.05, 3.63) is 60.2 Å². The standard InChI is InChI=1S/C20H24N2O/c1-22-13-11-19(12-14-22)21-20(23)15-16-7-9-18(10-8-16)17-5-3-2-4-6-17/h2-10,19H,11-15H2,1H3,(H,21,23). The van der Waals surface area contributed by atoms with Crippen LogP contribution >= 0.6 is 0 Å². The lowest BCUT2D eigenvalue weighted by molar-refractivity contribution is -0.121. The van der Waals surface area contributed by atoms with Crippen molar-refractivity contribution in [1.29, 1.82) is 0 Å². The third-order valence-electron chi connectivity index (χ3n) is 4.51. The summed E-state index contributed by atoms with van der Waals surface area (Å²) in [6.45, 7) is 2.13. The van der Waals surface area contributed by atoms with Crippen molar-refractivity contribution >= 4 is 5.91 Å². The minimum absolute atomic E-state index is 0.131. The van der Waals surface area contributed by atoms with Crippen molar-refractivity contribution in [2.45, 2.75) is 25.3 Å². The second kappa shape index (κ2) is 7.42. The molecule has 2 aromatic rings. The maximum atomic E-state index is 12.2. The summed E-state index contributed by atoms with van der Waals surface area (Å²) in [4.78, 5) is 14.5. The molecular weight excluding hydrogens is 284 g/mol. The molecule has 3 nitrogen and oxygen atoms in total. The number of hydrogen-bond acceptors (Lipinski definition) is 2. The van der Waals surface area contributed by atoms with Gasteiger partial charge in [-0.3, -0.25) is 4.79 Å². The van der Waals surface area contributed by atoms with Crippen molar-refractivity contribution in [2.24, 2.45) is 0 Å². The van der Waals surface area contributed by atoms with Crippen LogP contribution in [-0.2, 0) is 11.2 Å². The lowest BCUT2D eigenvalue weighted by atomic mass is 10.0.